The van der Waals surface area contributed by atoms with Crippen molar-refractivity contribution in [1.82, 2.24) is 20.1 Å². The van der Waals surface area contributed by atoms with Crippen LogP contribution in [0.4, 0.5) is 10.2 Å². The van der Waals surface area contributed by atoms with Gasteiger partial charge in [0.1, 0.15) is 11.6 Å². The van der Waals surface area contributed by atoms with Gasteiger partial charge in [0, 0.05) is 29.2 Å². The Morgan fingerprint density at radius 1 is 1.24 bits per heavy atom. The Balaban J connectivity index is 1.65. The molecular weight excluding hydrogens is 413 g/mol. The fourth-order valence-corrected chi connectivity index (χ4v) is 4.92. The van der Waals surface area contributed by atoms with Crippen LogP contribution in [0.25, 0.3) is 11.1 Å². The van der Waals surface area contributed by atoms with Crippen molar-refractivity contribution in [3.63, 3.8) is 0 Å². The number of piperidine rings is 1. The summed E-state index contributed by atoms with van der Waals surface area (Å²) >= 11 is 0. The summed E-state index contributed by atoms with van der Waals surface area (Å²) in [5.74, 6) is 0.788. The van der Waals surface area contributed by atoms with Gasteiger partial charge in [-0.1, -0.05) is 19.6 Å². The van der Waals surface area contributed by atoms with E-state index in [0.717, 1.165) is 77.2 Å². The van der Waals surface area contributed by atoms with Gasteiger partial charge in [-0.15, -0.1) is 0 Å². The minimum absolute atomic E-state index is 0.140. The molecule has 5 nitrogen and oxygen atoms in total. The lowest BCUT2D eigenvalue weighted by Gasteiger charge is -2.22. The van der Waals surface area contributed by atoms with Crippen molar-refractivity contribution in [2.24, 2.45) is 0 Å². The number of allylic oxidation sites excluding steroid dienone is 1. The predicted molar refractivity (Wildman–Crippen MR) is 133 cm³/mol. The van der Waals surface area contributed by atoms with Gasteiger partial charge < -0.3 is 10.6 Å². The highest BCUT2D eigenvalue weighted by Crippen LogP contribution is 2.32. The number of benzene rings is 1. The summed E-state index contributed by atoms with van der Waals surface area (Å²) in [6.45, 7) is 14.0. The maximum absolute atomic E-state index is 14.3. The Hall–Kier alpha value is -2.99. The molecule has 0 radical (unpaired) electrons. The van der Waals surface area contributed by atoms with Gasteiger partial charge in [-0.05, 0) is 93.4 Å². The van der Waals surface area contributed by atoms with Gasteiger partial charge in [-0.3, -0.25) is 4.68 Å². The molecule has 4 rings (SSSR count). The third kappa shape index (κ3) is 5.17. The van der Waals surface area contributed by atoms with Crippen LogP contribution in [0.2, 0.25) is 0 Å². The summed E-state index contributed by atoms with van der Waals surface area (Å²) < 4.78 is 16.4. The smallest absolute Gasteiger partial charge is 0.133 e. The number of halogens is 1. The van der Waals surface area contributed by atoms with Gasteiger partial charge in [-0.2, -0.15) is 5.10 Å². The fourth-order valence-electron chi connectivity index (χ4n) is 4.92. The minimum Gasteiger partial charge on any atom is -0.344 e. The molecule has 6 heteroatoms. The highest BCUT2D eigenvalue weighted by Gasteiger charge is 2.19. The van der Waals surface area contributed by atoms with Crippen molar-refractivity contribution >= 4 is 5.82 Å². The van der Waals surface area contributed by atoms with Gasteiger partial charge in [0.25, 0.3) is 0 Å². The molecule has 3 aromatic rings. The van der Waals surface area contributed by atoms with Crippen LogP contribution in [0.5, 0.6) is 0 Å². The summed E-state index contributed by atoms with van der Waals surface area (Å²) in [5, 5.41) is 11.4. The van der Waals surface area contributed by atoms with E-state index < -0.39 is 0 Å². The molecule has 1 aliphatic rings. The lowest BCUT2D eigenvalue weighted by Crippen LogP contribution is -2.29. The van der Waals surface area contributed by atoms with E-state index in [0.29, 0.717) is 6.04 Å². The fraction of sp³-hybridized carbons (Fsp3) is 0.407. The molecule has 33 heavy (non-hydrogen) atoms. The second-order valence-corrected chi connectivity index (χ2v) is 9.34. The summed E-state index contributed by atoms with van der Waals surface area (Å²) in [5.41, 5.74) is 6.93. The van der Waals surface area contributed by atoms with Crippen molar-refractivity contribution in [3.05, 3.63) is 77.1 Å². The number of nitrogens with zero attached hydrogens (tertiary/aromatic N) is 3. The molecule has 1 unspecified atom stereocenters. The van der Waals surface area contributed by atoms with Crippen LogP contribution in [0.1, 0.15) is 60.9 Å². The van der Waals surface area contributed by atoms with Crippen LogP contribution in [0.3, 0.4) is 0 Å². The molecule has 174 valence electrons. The van der Waals surface area contributed by atoms with Crippen LogP contribution in [-0.2, 0) is 6.42 Å². The molecule has 2 N–H and O–H groups in total. The molecule has 1 aliphatic heterocycles. The zero-order chi connectivity index (χ0) is 23.5. The monoisotopic (exact) mass is 447 g/mol. The molecule has 1 fully saturated rings. The van der Waals surface area contributed by atoms with E-state index in [1.54, 1.807) is 6.07 Å². The molecule has 0 aliphatic carbocycles. The Kier molecular flexibility index (Phi) is 6.94. The first-order valence-electron chi connectivity index (χ1n) is 11.8. The number of pyridine rings is 1. The van der Waals surface area contributed by atoms with Crippen LogP contribution in [0, 0.1) is 19.7 Å². The molecule has 0 amide bonds. The topological polar surface area (TPSA) is 54.8 Å². The van der Waals surface area contributed by atoms with E-state index in [2.05, 4.69) is 53.1 Å². The second-order valence-electron chi connectivity index (χ2n) is 9.34. The molecule has 1 saturated heterocycles. The molecular formula is C27H34FN5. The normalized spacial score (nSPS) is 15.4. The SMILES string of the molecule is C=C(C)Nc1ncc(-c2cnn(C3CCNCC3)c2)cc1CC(C)c1c(C)ccc(F)c1C. The molecule has 1 aromatic carbocycles. The third-order valence-electron chi connectivity index (χ3n) is 6.60. The Morgan fingerprint density at radius 2 is 2.00 bits per heavy atom. The van der Waals surface area contributed by atoms with E-state index in [9.17, 15) is 4.39 Å². The Bertz CT molecular complexity index is 1140. The van der Waals surface area contributed by atoms with E-state index in [4.69, 9.17) is 4.98 Å². The van der Waals surface area contributed by atoms with Crippen molar-refractivity contribution in [2.45, 2.75) is 58.9 Å². The number of aromatic nitrogens is 3. The van der Waals surface area contributed by atoms with Crippen molar-refractivity contribution in [2.75, 3.05) is 18.4 Å². The maximum Gasteiger partial charge on any atom is 0.133 e. The first-order chi connectivity index (χ1) is 15.8. The van der Waals surface area contributed by atoms with Gasteiger partial charge in [-0.25, -0.2) is 9.37 Å². The Morgan fingerprint density at radius 3 is 2.73 bits per heavy atom. The van der Waals surface area contributed by atoms with Crippen LogP contribution >= 0.6 is 0 Å². The molecule has 3 heterocycles. The molecule has 0 spiro atoms. The highest BCUT2D eigenvalue weighted by atomic mass is 19.1. The predicted octanol–water partition coefficient (Wildman–Crippen LogP) is 5.92. The number of aryl methyl sites for hydroxylation is 1. The maximum atomic E-state index is 14.3. The third-order valence-corrected chi connectivity index (χ3v) is 6.60. The lowest BCUT2D eigenvalue weighted by atomic mass is 9.87. The quantitative estimate of drug-likeness (QED) is 0.472. The summed E-state index contributed by atoms with van der Waals surface area (Å²) in [4.78, 5) is 4.73. The molecule has 1 atom stereocenters. The number of hydrogen-bond donors (Lipinski definition) is 2. The van der Waals surface area contributed by atoms with Crippen LogP contribution in [0.15, 0.2) is 49.1 Å². The van der Waals surface area contributed by atoms with Gasteiger partial charge >= 0.3 is 0 Å². The van der Waals surface area contributed by atoms with E-state index in [-0.39, 0.29) is 11.7 Å². The first-order valence-corrected chi connectivity index (χ1v) is 11.8. The largest absolute Gasteiger partial charge is 0.344 e. The number of hydrogen-bond acceptors (Lipinski definition) is 4. The van der Waals surface area contributed by atoms with E-state index in [1.165, 1.54) is 0 Å². The zero-order valence-electron chi connectivity index (χ0n) is 20.1. The summed E-state index contributed by atoms with van der Waals surface area (Å²) in [6.07, 6.45) is 8.88. The zero-order valence-corrected chi connectivity index (χ0v) is 20.1. The van der Waals surface area contributed by atoms with Gasteiger partial charge in [0.2, 0.25) is 0 Å². The van der Waals surface area contributed by atoms with E-state index in [1.807, 2.05) is 32.3 Å². The molecule has 2 aromatic heterocycles. The van der Waals surface area contributed by atoms with Gasteiger partial charge in [0.05, 0.1) is 12.2 Å². The van der Waals surface area contributed by atoms with Gasteiger partial charge in [0.15, 0.2) is 0 Å². The molecule has 0 bridgehead atoms. The van der Waals surface area contributed by atoms with Crippen LogP contribution < -0.4 is 10.6 Å². The first kappa shape index (κ1) is 23.2. The summed E-state index contributed by atoms with van der Waals surface area (Å²) in [7, 11) is 0. The lowest BCUT2D eigenvalue weighted by molar-refractivity contribution is 0.343. The van der Waals surface area contributed by atoms with Crippen molar-refractivity contribution in [3.8, 4) is 11.1 Å². The second kappa shape index (κ2) is 9.87. The number of nitrogens with one attached hydrogen (secondary N) is 2. The molecule has 0 saturated carbocycles. The minimum atomic E-state index is -0.153. The highest BCUT2D eigenvalue weighted by molar-refractivity contribution is 5.65. The van der Waals surface area contributed by atoms with Crippen LogP contribution in [-0.4, -0.2) is 27.9 Å². The average molecular weight is 448 g/mol. The Labute approximate surface area is 196 Å². The van der Waals surface area contributed by atoms with Crippen molar-refractivity contribution in [1.29, 1.82) is 0 Å². The van der Waals surface area contributed by atoms with E-state index >= 15 is 0 Å². The standard InChI is InChI=1S/C27H34FN5/c1-17(2)32-27-21(12-19(4)26-18(3)6-7-25(28)20(26)5)13-22(14-30-27)23-15-31-33(16-23)24-8-10-29-11-9-24/h6-7,13-16,19,24,29H,1,8-12H2,2-5H3,(H,30,32). The summed E-state index contributed by atoms with van der Waals surface area (Å²) in [6, 6.07) is 6.04. The number of anilines is 1. The number of rotatable bonds is 7. The van der Waals surface area contributed by atoms with Crippen molar-refractivity contribution < 1.29 is 4.39 Å². The average Bonchev–Trinajstić information content (AvgIpc) is 3.28.